The summed E-state index contributed by atoms with van der Waals surface area (Å²) in [6.07, 6.45) is 1.57. The van der Waals surface area contributed by atoms with E-state index in [1.807, 2.05) is 24.3 Å². The number of aromatic hydroxyl groups is 1. The molecular weight excluding hydrogens is 596 g/mol. The van der Waals surface area contributed by atoms with E-state index >= 15 is 0 Å². The first kappa shape index (κ1) is 27.6. The normalized spacial score (nSPS) is 16.1. The van der Waals surface area contributed by atoms with Gasteiger partial charge in [0.25, 0.3) is 0 Å². The topological polar surface area (TPSA) is 107 Å². The van der Waals surface area contributed by atoms with Crippen LogP contribution in [-0.4, -0.2) is 43.7 Å². The average Bonchev–Trinajstić information content (AvgIpc) is 3.29. The van der Waals surface area contributed by atoms with Gasteiger partial charge in [0.15, 0.2) is 12.0 Å². The molecule has 40 heavy (non-hydrogen) atoms. The summed E-state index contributed by atoms with van der Waals surface area (Å²) >= 11 is 3.46. The molecule has 0 saturated carbocycles. The molecule has 4 aromatic rings. The van der Waals surface area contributed by atoms with Gasteiger partial charge in [-0.25, -0.2) is 9.37 Å². The number of phenols is 1. The molecule has 2 atom stereocenters. The Morgan fingerprint density at radius 2 is 1.95 bits per heavy atom. The number of hydrogen-bond acceptors (Lipinski definition) is 7. The molecule has 2 aromatic heterocycles. The predicted molar refractivity (Wildman–Crippen MR) is 146 cm³/mol. The lowest BCUT2D eigenvalue weighted by Gasteiger charge is -2.23. The van der Waals surface area contributed by atoms with Crippen LogP contribution in [0.1, 0.15) is 12.0 Å². The van der Waals surface area contributed by atoms with Crippen LogP contribution in [0.25, 0.3) is 16.9 Å². The number of anilines is 2. The molecule has 0 fully saturated rings. The van der Waals surface area contributed by atoms with Crippen molar-refractivity contribution < 1.29 is 27.8 Å². The van der Waals surface area contributed by atoms with Crippen LogP contribution in [0.15, 0.2) is 83.0 Å². The number of halogens is 5. The van der Waals surface area contributed by atoms with Crippen molar-refractivity contribution in [2.24, 2.45) is 0 Å². The van der Waals surface area contributed by atoms with Crippen molar-refractivity contribution in [1.29, 1.82) is 0 Å². The fraction of sp³-hybridized carbons (Fsp3) is 0.185. The zero-order valence-corrected chi connectivity index (χ0v) is 22.2. The molecule has 2 aromatic carbocycles. The summed E-state index contributed by atoms with van der Waals surface area (Å²) in [4.78, 5) is 4.62. The first-order valence-electron chi connectivity index (χ1n) is 12.1. The van der Waals surface area contributed by atoms with Crippen LogP contribution in [0.5, 0.6) is 5.75 Å². The lowest BCUT2D eigenvalue weighted by Crippen LogP contribution is -2.42. The molecule has 0 saturated heterocycles. The van der Waals surface area contributed by atoms with Crippen molar-refractivity contribution in [1.82, 2.24) is 19.9 Å². The number of phenolic OH excluding ortho intramolecular Hbond substituents is 1. The number of nitrogens with one attached hydrogen (secondary N) is 3. The lowest BCUT2D eigenvalue weighted by molar-refractivity contribution is -0.139. The van der Waals surface area contributed by atoms with Crippen LogP contribution in [0.2, 0.25) is 0 Å². The van der Waals surface area contributed by atoms with E-state index in [4.69, 9.17) is 0 Å². The summed E-state index contributed by atoms with van der Waals surface area (Å²) < 4.78 is 54.7. The molecule has 1 aliphatic rings. The number of aliphatic hydroxyl groups excluding tert-OH is 1. The maximum Gasteiger partial charge on any atom is 0.419 e. The van der Waals surface area contributed by atoms with E-state index in [0.29, 0.717) is 52.3 Å². The number of aromatic nitrogens is 3. The summed E-state index contributed by atoms with van der Waals surface area (Å²) in [6, 6.07) is 10.8. The predicted octanol–water partition coefficient (Wildman–Crippen LogP) is 5.67. The number of benzene rings is 2. The van der Waals surface area contributed by atoms with Gasteiger partial charge in [-0.1, -0.05) is 30.4 Å². The SMILES string of the molecule is Oc1ccccc1-c1cc(NCC2=CCC(NC(O)Nc3ccc(F)c(C(F)(F)F)c3)C=C2)n2ncc(Br)c2n1. The highest BCUT2D eigenvalue weighted by Crippen LogP contribution is 2.33. The summed E-state index contributed by atoms with van der Waals surface area (Å²) in [5.74, 6) is -0.626. The van der Waals surface area contributed by atoms with Crippen molar-refractivity contribution in [2.45, 2.75) is 25.0 Å². The molecular formula is C27H23BrF4N6O2. The van der Waals surface area contributed by atoms with Gasteiger partial charge < -0.3 is 20.8 Å². The monoisotopic (exact) mass is 618 g/mol. The Morgan fingerprint density at radius 1 is 1.15 bits per heavy atom. The molecule has 0 radical (unpaired) electrons. The van der Waals surface area contributed by atoms with E-state index in [2.05, 4.69) is 42.0 Å². The number of nitrogens with zero attached hydrogens (tertiary/aromatic N) is 3. The van der Waals surface area contributed by atoms with Gasteiger partial charge in [0, 0.05) is 29.9 Å². The van der Waals surface area contributed by atoms with Gasteiger partial charge >= 0.3 is 6.18 Å². The number of hydrogen-bond donors (Lipinski definition) is 5. The summed E-state index contributed by atoms with van der Waals surface area (Å²) in [7, 11) is 0. The van der Waals surface area contributed by atoms with Crippen LogP contribution < -0.4 is 16.0 Å². The lowest BCUT2D eigenvalue weighted by atomic mass is 10.0. The maximum atomic E-state index is 13.5. The van der Waals surface area contributed by atoms with E-state index < -0.39 is 23.9 Å². The Morgan fingerprint density at radius 3 is 2.67 bits per heavy atom. The van der Waals surface area contributed by atoms with Gasteiger partial charge in [-0.05, 0) is 58.3 Å². The Balaban J connectivity index is 1.22. The fourth-order valence-corrected chi connectivity index (χ4v) is 4.59. The second-order valence-corrected chi connectivity index (χ2v) is 9.87. The third kappa shape index (κ3) is 6.11. The molecule has 0 bridgehead atoms. The minimum absolute atomic E-state index is 0.0777. The molecule has 13 heteroatoms. The van der Waals surface area contributed by atoms with Crippen molar-refractivity contribution in [2.75, 3.05) is 17.2 Å². The highest BCUT2D eigenvalue weighted by Gasteiger charge is 2.34. The third-order valence-electron chi connectivity index (χ3n) is 6.21. The van der Waals surface area contributed by atoms with Crippen LogP contribution >= 0.6 is 15.9 Å². The molecule has 5 rings (SSSR count). The summed E-state index contributed by atoms with van der Waals surface area (Å²) in [6.45, 7) is 0.441. The van der Waals surface area contributed by atoms with Crippen LogP contribution in [0.4, 0.5) is 29.1 Å². The number of alkyl halides is 3. The number of para-hydroxylation sites is 1. The fourth-order valence-electron chi connectivity index (χ4n) is 4.24. The number of aliphatic hydroxyl groups is 1. The minimum Gasteiger partial charge on any atom is -0.507 e. The van der Waals surface area contributed by atoms with E-state index in [1.165, 1.54) is 0 Å². The molecule has 2 heterocycles. The Hall–Kier alpha value is -3.94. The van der Waals surface area contributed by atoms with Gasteiger partial charge in [0.05, 0.1) is 21.9 Å². The van der Waals surface area contributed by atoms with Crippen molar-refractivity contribution in [3.05, 3.63) is 94.4 Å². The van der Waals surface area contributed by atoms with E-state index in [1.54, 1.807) is 35.0 Å². The zero-order valence-electron chi connectivity index (χ0n) is 20.6. The second-order valence-electron chi connectivity index (χ2n) is 9.01. The molecule has 5 N–H and O–H groups in total. The first-order chi connectivity index (χ1) is 19.1. The van der Waals surface area contributed by atoms with Crippen molar-refractivity contribution in [3.63, 3.8) is 0 Å². The van der Waals surface area contributed by atoms with Gasteiger partial charge in [0.1, 0.15) is 17.4 Å². The standard InChI is InChI=1S/C27H23BrF4N6O2/c28-20-14-34-38-24(12-22(37-25(20)38)18-3-1-2-4-23(18)39)33-13-15-5-7-16(8-6-15)35-26(40)36-17-9-10-21(29)19(11-17)27(30,31)32/h1-7,9-12,14,16,26,33,35-36,39-40H,8,13H2. The molecule has 0 amide bonds. The average molecular weight is 619 g/mol. The van der Waals surface area contributed by atoms with E-state index in [-0.39, 0.29) is 17.5 Å². The van der Waals surface area contributed by atoms with Crippen LogP contribution in [-0.2, 0) is 6.18 Å². The number of fused-ring (bicyclic) bond motifs is 1. The van der Waals surface area contributed by atoms with Crippen LogP contribution in [0.3, 0.4) is 0 Å². The maximum absolute atomic E-state index is 13.5. The Kier molecular flexibility index (Phi) is 7.79. The second kappa shape index (κ2) is 11.3. The quantitative estimate of drug-likeness (QED) is 0.128. The molecule has 2 unspecified atom stereocenters. The highest BCUT2D eigenvalue weighted by atomic mass is 79.9. The highest BCUT2D eigenvalue weighted by molar-refractivity contribution is 9.10. The van der Waals surface area contributed by atoms with Crippen molar-refractivity contribution in [3.8, 4) is 17.0 Å². The van der Waals surface area contributed by atoms with Gasteiger partial charge in [-0.3, -0.25) is 5.32 Å². The third-order valence-corrected chi connectivity index (χ3v) is 6.77. The minimum atomic E-state index is -4.84. The van der Waals surface area contributed by atoms with Gasteiger partial charge in [0.2, 0.25) is 0 Å². The number of rotatable bonds is 8. The van der Waals surface area contributed by atoms with Crippen molar-refractivity contribution >= 4 is 33.1 Å². The smallest absolute Gasteiger partial charge is 0.419 e. The largest absolute Gasteiger partial charge is 0.507 e. The summed E-state index contributed by atoms with van der Waals surface area (Å²) in [5, 5.41) is 33.6. The molecule has 0 spiro atoms. The molecule has 8 nitrogen and oxygen atoms in total. The first-order valence-corrected chi connectivity index (χ1v) is 12.9. The molecule has 0 aliphatic heterocycles. The Bertz CT molecular complexity index is 1600. The summed E-state index contributed by atoms with van der Waals surface area (Å²) in [5.41, 5.74) is 1.18. The van der Waals surface area contributed by atoms with Gasteiger partial charge in [-0.15, -0.1) is 0 Å². The van der Waals surface area contributed by atoms with Crippen LogP contribution in [0, 0.1) is 5.82 Å². The van der Waals surface area contributed by atoms with E-state index in [0.717, 1.165) is 11.6 Å². The molecule has 208 valence electrons. The molecule has 1 aliphatic carbocycles. The Labute approximate surface area is 234 Å². The van der Waals surface area contributed by atoms with E-state index in [9.17, 15) is 27.8 Å². The van der Waals surface area contributed by atoms with Gasteiger partial charge in [-0.2, -0.15) is 22.8 Å². The zero-order chi connectivity index (χ0) is 28.4.